The molecule has 1 unspecified atom stereocenters. The molecule has 0 saturated heterocycles. The van der Waals surface area contributed by atoms with Gasteiger partial charge < -0.3 is 5.32 Å². The smallest absolute Gasteiger partial charge is 0.330 e. The van der Waals surface area contributed by atoms with Crippen molar-refractivity contribution in [3.05, 3.63) is 28.3 Å². The molecule has 1 heterocycles. The molecule has 128 valence electrons. The SMILES string of the molecule is Cc1cc(Cl)cc2c1CN(C(=O)NC(C)(C)CC(C)(C)C)S2=O. The van der Waals surface area contributed by atoms with Crippen molar-refractivity contribution < 1.29 is 9.00 Å². The lowest BCUT2D eigenvalue weighted by Gasteiger charge is -2.34. The average Bonchev–Trinajstić information content (AvgIpc) is 2.63. The average molecular weight is 357 g/mol. The molecule has 0 aromatic heterocycles. The van der Waals surface area contributed by atoms with Gasteiger partial charge in [-0.25, -0.2) is 13.3 Å². The number of urea groups is 1. The summed E-state index contributed by atoms with van der Waals surface area (Å²) in [6, 6.07) is 3.22. The van der Waals surface area contributed by atoms with Crippen LogP contribution in [-0.2, 0) is 17.5 Å². The molecule has 2 amide bonds. The molecule has 23 heavy (non-hydrogen) atoms. The molecule has 0 bridgehead atoms. The van der Waals surface area contributed by atoms with Crippen LogP contribution in [-0.4, -0.2) is 20.1 Å². The molecule has 0 radical (unpaired) electrons. The molecule has 1 aromatic rings. The van der Waals surface area contributed by atoms with E-state index in [-0.39, 0.29) is 17.0 Å². The van der Waals surface area contributed by atoms with Crippen LogP contribution >= 0.6 is 11.6 Å². The fraction of sp³-hybridized carbons (Fsp3) is 0.588. The van der Waals surface area contributed by atoms with Gasteiger partial charge in [-0.1, -0.05) is 32.4 Å². The topological polar surface area (TPSA) is 49.4 Å². The number of carbonyl (C=O) groups excluding carboxylic acids is 1. The van der Waals surface area contributed by atoms with Crippen molar-refractivity contribution >= 4 is 28.6 Å². The zero-order chi connectivity index (χ0) is 17.6. The summed E-state index contributed by atoms with van der Waals surface area (Å²) in [5, 5.41) is 3.56. The fourth-order valence-corrected chi connectivity index (χ4v) is 4.97. The number of hydrogen-bond acceptors (Lipinski definition) is 2. The van der Waals surface area contributed by atoms with Gasteiger partial charge in [0.15, 0.2) is 11.0 Å². The van der Waals surface area contributed by atoms with Gasteiger partial charge in [-0.05, 0) is 55.9 Å². The molecule has 0 spiro atoms. The third kappa shape index (κ3) is 4.27. The highest BCUT2D eigenvalue weighted by molar-refractivity contribution is 7.83. The van der Waals surface area contributed by atoms with Gasteiger partial charge in [-0.2, -0.15) is 0 Å². The maximum Gasteiger partial charge on any atom is 0.330 e. The lowest BCUT2D eigenvalue weighted by atomic mass is 9.82. The van der Waals surface area contributed by atoms with E-state index in [1.54, 1.807) is 6.07 Å². The third-order valence-electron chi connectivity index (χ3n) is 3.73. The Bertz CT molecular complexity index is 665. The number of rotatable bonds is 2. The summed E-state index contributed by atoms with van der Waals surface area (Å²) < 4.78 is 14.0. The summed E-state index contributed by atoms with van der Waals surface area (Å²) in [5.74, 6) is 0. The van der Waals surface area contributed by atoms with Crippen molar-refractivity contribution in [2.45, 2.75) is 64.9 Å². The largest absolute Gasteiger partial charge is 0.332 e. The van der Waals surface area contributed by atoms with Crippen molar-refractivity contribution in [1.29, 1.82) is 0 Å². The molecule has 1 aromatic carbocycles. The number of fused-ring (bicyclic) bond motifs is 1. The third-order valence-corrected chi connectivity index (χ3v) is 5.38. The first-order valence-electron chi connectivity index (χ1n) is 7.70. The van der Waals surface area contributed by atoms with E-state index in [1.807, 2.05) is 26.8 Å². The standard InChI is InChI=1S/C17H25ClN2O2S/c1-11-7-12(18)8-14-13(11)9-20(23(14)22)15(21)19-17(5,6)10-16(2,3)4/h7-8H,9-10H2,1-6H3,(H,19,21). The number of hydrogen-bond donors (Lipinski definition) is 1. The van der Waals surface area contributed by atoms with Crippen LogP contribution in [0.5, 0.6) is 0 Å². The van der Waals surface area contributed by atoms with Crippen molar-refractivity contribution in [2.24, 2.45) is 5.41 Å². The van der Waals surface area contributed by atoms with Gasteiger partial charge in [-0.3, -0.25) is 0 Å². The van der Waals surface area contributed by atoms with Crippen LogP contribution in [0, 0.1) is 12.3 Å². The Morgan fingerprint density at radius 2 is 1.91 bits per heavy atom. The maximum atomic E-state index is 12.6. The van der Waals surface area contributed by atoms with Gasteiger partial charge >= 0.3 is 6.03 Å². The molecule has 1 N–H and O–H groups in total. The summed E-state index contributed by atoms with van der Waals surface area (Å²) in [5.41, 5.74) is 1.61. The van der Waals surface area contributed by atoms with Crippen LogP contribution in [0.2, 0.25) is 5.02 Å². The van der Waals surface area contributed by atoms with Gasteiger partial charge in [0.2, 0.25) is 0 Å². The normalized spacial score (nSPS) is 18.0. The van der Waals surface area contributed by atoms with E-state index in [1.165, 1.54) is 4.31 Å². The highest BCUT2D eigenvalue weighted by Crippen LogP contribution is 2.33. The van der Waals surface area contributed by atoms with Crippen LogP contribution in [0.4, 0.5) is 4.79 Å². The van der Waals surface area contributed by atoms with E-state index in [9.17, 15) is 9.00 Å². The minimum Gasteiger partial charge on any atom is -0.332 e. The first-order chi connectivity index (χ1) is 10.4. The minimum atomic E-state index is -1.51. The van der Waals surface area contributed by atoms with Crippen molar-refractivity contribution in [1.82, 2.24) is 9.62 Å². The quantitative estimate of drug-likeness (QED) is 0.853. The summed E-state index contributed by atoms with van der Waals surface area (Å²) in [6.07, 6.45) is 0.823. The Balaban J connectivity index is 2.17. The predicted molar refractivity (Wildman–Crippen MR) is 94.8 cm³/mol. The van der Waals surface area contributed by atoms with Gasteiger partial charge in [0.1, 0.15) is 0 Å². The van der Waals surface area contributed by atoms with Crippen molar-refractivity contribution in [3.8, 4) is 0 Å². The molecular weight excluding hydrogens is 332 g/mol. The number of nitrogens with zero attached hydrogens (tertiary/aromatic N) is 1. The molecule has 1 aliphatic heterocycles. The Labute approximate surface area is 146 Å². The Morgan fingerprint density at radius 1 is 1.30 bits per heavy atom. The second kappa shape index (κ2) is 6.10. The monoisotopic (exact) mass is 356 g/mol. The molecule has 0 aliphatic carbocycles. The first-order valence-corrected chi connectivity index (χ1v) is 9.19. The number of amides is 2. The van der Waals surface area contributed by atoms with Gasteiger partial charge in [0.25, 0.3) is 0 Å². The van der Waals surface area contributed by atoms with Crippen LogP contribution in [0.15, 0.2) is 17.0 Å². The first kappa shape index (κ1) is 18.3. The van der Waals surface area contributed by atoms with Crippen molar-refractivity contribution in [3.63, 3.8) is 0 Å². The molecule has 2 rings (SSSR count). The summed E-state index contributed by atoms with van der Waals surface area (Å²) >= 11 is 6.05. The second-order valence-corrected chi connectivity index (χ2v) is 9.85. The lowest BCUT2D eigenvalue weighted by Crippen LogP contribution is -2.50. The van der Waals surface area contributed by atoms with Crippen molar-refractivity contribution in [2.75, 3.05) is 0 Å². The maximum absolute atomic E-state index is 12.6. The van der Waals surface area contributed by atoms with E-state index in [4.69, 9.17) is 11.6 Å². The van der Waals surface area contributed by atoms with E-state index in [2.05, 4.69) is 26.1 Å². The van der Waals surface area contributed by atoms with Gasteiger partial charge in [-0.15, -0.1) is 0 Å². The Hall–Kier alpha value is -1.07. The highest BCUT2D eigenvalue weighted by atomic mass is 35.5. The Morgan fingerprint density at radius 3 is 2.48 bits per heavy atom. The van der Waals surface area contributed by atoms with Crippen LogP contribution < -0.4 is 5.32 Å². The molecule has 6 heteroatoms. The van der Waals surface area contributed by atoms with E-state index in [0.29, 0.717) is 16.5 Å². The van der Waals surface area contributed by atoms with Crippen LogP contribution in [0.25, 0.3) is 0 Å². The zero-order valence-corrected chi connectivity index (χ0v) is 16.2. The van der Waals surface area contributed by atoms with E-state index in [0.717, 1.165) is 17.5 Å². The van der Waals surface area contributed by atoms with E-state index >= 15 is 0 Å². The highest BCUT2D eigenvalue weighted by Gasteiger charge is 2.35. The number of carbonyl (C=O) groups is 1. The lowest BCUT2D eigenvalue weighted by molar-refractivity contribution is 0.196. The van der Waals surface area contributed by atoms with Crippen LogP contribution in [0.1, 0.15) is 52.2 Å². The zero-order valence-electron chi connectivity index (χ0n) is 14.6. The van der Waals surface area contributed by atoms with Gasteiger partial charge in [0.05, 0.1) is 11.4 Å². The Kier molecular flexibility index (Phi) is 4.84. The van der Waals surface area contributed by atoms with Crippen LogP contribution in [0.3, 0.4) is 0 Å². The summed E-state index contributed by atoms with van der Waals surface area (Å²) in [7, 11) is -1.51. The summed E-state index contributed by atoms with van der Waals surface area (Å²) in [4.78, 5) is 13.2. The molecule has 4 nitrogen and oxygen atoms in total. The summed E-state index contributed by atoms with van der Waals surface area (Å²) in [6.45, 7) is 12.7. The molecule has 1 atom stereocenters. The fourth-order valence-electron chi connectivity index (χ4n) is 3.29. The number of halogens is 1. The number of aryl methyl sites for hydroxylation is 1. The molecular formula is C17H25ClN2O2S. The van der Waals surface area contributed by atoms with Gasteiger partial charge in [0, 0.05) is 10.6 Å². The molecule has 0 fully saturated rings. The number of benzene rings is 1. The second-order valence-electron chi connectivity index (χ2n) is 8.04. The molecule has 0 saturated carbocycles. The minimum absolute atomic E-state index is 0.0913. The number of nitrogens with one attached hydrogen (secondary N) is 1. The van der Waals surface area contributed by atoms with E-state index < -0.39 is 11.0 Å². The molecule has 1 aliphatic rings. The predicted octanol–water partition coefficient (Wildman–Crippen LogP) is 4.41.